The standard InChI is InChI=1S/C74H139NO10/c1-4-7-10-13-16-19-22-25-27-29-30-31-32-33-34-35-36-37-39-40-43-46-49-52-55-58-61-67(78)73(82)75-65(66(77)60-57-54-51-48-45-42-24-21-18-15-12-9-6-3)64-83-74-72(71(81)70(80)68(63-76)84-74)85-69(79)62-59-56-53-50-47-44-41-38-28-26-23-20-17-14-11-8-5-2/h16,19,25,27,57,60,65-68,70-72,74,76-78,80-81H,4-15,17-18,20-24,26,28-56,58-59,61-64H2,1-3H3,(H,75,82)/b19-16-,27-25-,60-57+. The number of amides is 1. The van der Waals surface area contributed by atoms with Crippen molar-refractivity contribution >= 4 is 11.9 Å². The molecular formula is C74H139NO10. The van der Waals surface area contributed by atoms with Crippen LogP contribution in [0.15, 0.2) is 36.5 Å². The minimum absolute atomic E-state index is 0.130. The maximum absolute atomic E-state index is 13.5. The molecule has 1 saturated heterocycles. The number of hydrogen-bond donors (Lipinski definition) is 6. The molecule has 500 valence electrons. The summed E-state index contributed by atoms with van der Waals surface area (Å²) in [5.41, 5.74) is 0. The molecule has 6 N–H and O–H groups in total. The van der Waals surface area contributed by atoms with Gasteiger partial charge in [0.1, 0.15) is 24.4 Å². The Morgan fingerprint density at radius 2 is 0.812 bits per heavy atom. The molecule has 85 heavy (non-hydrogen) atoms. The monoisotopic (exact) mass is 1200 g/mol. The zero-order valence-corrected chi connectivity index (χ0v) is 55.8. The van der Waals surface area contributed by atoms with E-state index in [9.17, 15) is 35.1 Å². The molecule has 11 heteroatoms. The molecule has 1 aliphatic rings. The number of rotatable bonds is 64. The Hall–Kier alpha value is -2.12. The fraction of sp³-hybridized carbons (Fsp3) is 0.892. The molecule has 1 amide bonds. The number of carbonyl (C=O) groups is 2. The van der Waals surface area contributed by atoms with Crippen LogP contribution in [0.5, 0.6) is 0 Å². The first-order valence-electron chi connectivity index (χ1n) is 36.8. The maximum atomic E-state index is 13.5. The van der Waals surface area contributed by atoms with Crippen LogP contribution in [0.2, 0.25) is 0 Å². The fourth-order valence-corrected chi connectivity index (χ4v) is 11.7. The largest absolute Gasteiger partial charge is 0.454 e. The quantitative estimate of drug-likeness (QED) is 0.0195. The molecule has 8 atom stereocenters. The first-order chi connectivity index (χ1) is 41.7. The van der Waals surface area contributed by atoms with E-state index in [1.54, 1.807) is 6.08 Å². The summed E-state index contributed by atoms with van der Waals surface area (Å²) in [6.45, 7) is 5.83. The van der Waals surface area contributed by atoms with Crippen LogP contribution in [0.3, 0.4) is 0 Å². The van der Waals surface area contributed by atoms with Crippen molar-refractivity contribution in [3.8, 4) is 0 Å². The van der Waals surface area contributed by atoms with Gasteiger partial charge in [-0.25, -0.2) is 0 Å². The molecule has 0 spiro atoms. The van der Waals surface area contributed by atoms with Crippen molar-refractivity contribution in [3.05, 3.63) is 36.5 Å². The lowest BCUT2D eigenvalue weighted by Gasteiger charge is -2.41. The summed E-state index contributed by atoms with van der Waals surface area (Å²) in [5, 5.41) is 57.3. The van der Waals surface area contributed by atoms with Crippen molar-refractivity contribution in [1.82, 2.24) is 5.32 Å². The normalized spacial score (nSPS) is 18.5. The van der Waals surface area contributed by atoms with Crippen LogP contribution in [-0.2, 0) is 23.8 Å². The Balaban J connectivity index is 2.54. The van der Waals surface area contributed by atoms with Gasteiger partial charge in [-0.05, 0) is 57.8 Å². The highest BCUT2D eigenvalue weighted by Gasteiger charge is 2.47. The second-order valence-electron chi connectivity index (χ2n) is 25.7. The Bertz CT molecular complexity index is 1520. The Kier molecular flexibility index (Phi) is 59.1. The van der Waals surface area contributed by atoms with Gasteiger partial charge in [0.2, 0.25) is 5.91 Å². The number of aliphatic hydroxyl groups is 5. The van der Waals surface area contributed by atoms with Crippen molar-refractivity contribution in [1.29, 1.82) is 0 Å². The minimum atomic E-state index is -1.61. The fourth-order valence-electron chi connectivity index (χ4n) is 11.7. The molecule has 0 bridgehead atoms. The number of esters is 1. The molecule has 0 aliphatic carbocycles. The maximum Gasteiger partial charge on any atom is 0.306 e. The molecule has 0 aromatic heterocycles. The van der Waals surface area contributed by atoms with Gasteiger partial charge in [0.25, 0.3) is 0 Å². The van der Waals surface area contributed by atoms with E-state index in [4.69, 9.17) is 14.2 Å². The van der Waals surface area contributed by atoms with Gasteiger partial charge in [-0.15, -0.1) is 0 Å². The van der Waals surface area contributed by atoms with Gasteiger partial charge in [0.15, 0.2) is 12.4 Å². The topological polar surface area (TPSA) is 175 Å². The van der Waals surface area contributed by atoms with E-state index in [-0.39, 0.29) is 13.0 Å². The third-order valence-electron chi connectivity index (χ3n) is 17.5. The third-order valence-corrected chi connectivity index (χ3v) is 17.5. The average molecular weight is 1200 g/mol. The summed E-state index contributed by atoms with van der Waals surface area (Å²) in [6, 6.07) is -1.02. The van der Waals surface area contributed by atoms with Crippen molar-refractivity contribution in [2.75, 3.05) is 13.2 Å². The van der Waals surface area contributed by atoms with Gasteiger partial charge in [-0.3, -0.25) is 9.59 Å². The second kappa shape index (κ2) is 62.1. The van der Waals surface area contributed by atoms with Crippen molar-refractivity contribution in [2.45, 2.75) is 410 Å². The molecule has 1 fully saturated rings. The summed E-state index contributed by atoms with van der Waals surface area (Å²) in [7, 11) is 0. The highest BCUT2D eigenvalue weighted by molar-refractivity contribution is 5.80. The highest BCUT2D eigenvalue weighted by atomic mass is 16.7. The zero-order valence-electron chi connectivity index (χ0n) is 55.8. The molecule has 0 saturated carbocycles. The summed E-state index contributed by atoms with van der Waals surface area (Å²) in [4.78, 5) is 26.7. The lowest BCUT2D eigenvalue weighted by molar-refractivity contribution is -0.305. The molecule has 0 radical (unpaired) electrons. The molecule has 0 aromatic carbocycles. The number of carbonyl (C=O) groups excluding carboxylic acids is 2. The van der Waals surface area contributed by atoms with Gasteiger partial charge in [0.05, 0.1) is 25.4 Å². The first kappa shape index (κ1) is 80.9. The molecule has 1 aliphatic heterocycles. The van der Waals surface area contributed by atoms with Crippen LogP contribution >= 0.6 is 0 Å². The van der Waals surface area contributed by atoms with Crippen LogP contribution in [0.25, 0.3) is 0 Å². The molecular weight excluding hydrogens is 1060 g/mol. The minimum Gasteiger partial charge on any atom is -0.454 e. The van der Waals surface area contributed by atoms with E-state index in [2.05, 4.69) is 50.4 Å². The first-order valence-corrected chi connectivity index (χ1v) is 36.8. The van der Waals surface area contributed by atoms with Gasteiger partial charge in [-0.1, -0.05) is 333 Å². The Morgan fingerprint density at radius 3 is 1.22 bits per heavy atom. The highest BCUT2D eigenvalue weighted by Crippen LogP contribution is 2.27. The van der Waals surface area contributed by atoms with Crippen LogP contribution in [0.4, 0.5) is 0 Å². The summed E-state index contributed by atoms with van der Waals surface area (Å²) < 4.78 is 17.7. The van der Waals surface area contributed by atoms with E-state index in [0.29, 0.717) is 19.3 Å². The van der Waals surface area contributed by atoms with E-state index in [0.717, 1.165) is 64.2 Å². The summed E-state index contributed by atoms with van der Waals surface area (Å²) >= 11 is 0. The number of aliphatic hydroxyl groups excluding tert-OH is 5. The predicted molar refractivity (Wildman–Crippen MR) is 357 cm³/mol. The van der Waals surface area contributed by atoms with Crippen molar-refractivity contribution in [2.24, 2.45) is 0 Å². The Labute approximate surface area is 523 Å². The Morgan fingerprint density at radius 1 is 0.459 bits per heavy atom. The number of unbranched alkanes of at least 4 members (excludes halogenated alkanes) is 46. The van der Waals surface area contributed by atoms with E-state index < -0.39 is 67.4 Å². The van der Waals surface area contributed by atoms with E-state index in [1.165, 1.54) is 250 Å². The second-order valence-corrected chi connectivity index (χ2v) is 25.7. The number of nitrogens with one attached hydrogen (secondary N) is 1. The number of hydrogen-bond acceptors (Lipinski definition) is 10. The lowest BCUT2D eigenvalue weighted by Crippen LogP contribution is -2.61. The molecule has 1 heterocycles. The predicted octanol–water partition coefficient (Wildman–Crippen LogP) is 19.0. The van der Waals surface area contributed by atoms with Gasteiger partial charge >= 0.3 is 5.97 Å². The van der Waals surface area contributed by atoms with Crippen LogP contribution in [-0.4, -0.2) is 99.6 Å². The number of ether oxygens (including phenoxy) is 3. The molecule has 11 nitrogen and oxygen atoms in total. The third kappa shape index (κ3) is 49.4. The van der Waals surface area contributed by atoms with Crippen molar-refractivity contribution < 1.29 is 49.3 Å². The zero-order chi connectivity index (χ0) is 61.7. The SMILES string of the molecule is CCCCC/C=C\C/C=C\CCCCCCCCCCCCCCCCCCC(O)C(=O)NC(COC1OC(CO)C(O)C(O)C1OC(=O)CCCCCCCCCCCCCCCCCCC)C(O)/C=C/CCCCCCCCCCCCC. The molecule has 1 rings (SSSR count). The summed E-state index contributed by atoms with van der Waals surface area (Å²) in [6.07, 6.45) is 66.2. The van der Waals surface area contributed by atoms with Crippen LogP contribution < -0.4 is 5.32 Å². The van der Waals surface area contributed by atoms with Gasteiger partial charge < -0.3 is 45.1 Å². The van der Waals surface area contributed by atoms with Crippen LogP contribution in [0.1, 0.15) is 361 Å². The molecule has 0 aromatic rings. The average Bonchev–Trinajstić information content (AvgIpc) is 3.22. The van der Waals surface area contributed by atoms with Crippen molar-refractivity contribution in [3.63, 3.8) is 0 Å². The van der Waals surface area contributed by atoms with E-state index >= 15 is 0 Å². The molecule has 8 unspecified atom stereocenters. The van der Waals surface area contributed by atoms with Gasteiger partial charge in [-0.2, -0.15) is 0 Å². The summed E-state index contributed by atoms with van der Waals surface area (Å²) in [5.74, 6) is -1.17. The lowest BCUT2D eigenvalue weighted by atomic mass is 9.99. The van der Waals surface area contributed by atoms with Crippen LogP contribution in [0, 0.1) is 0 Å². The number of allylic oxidation sites excluding steroid dienone is 5. The van der Waals surface area contributed by atoms with E-state index in [1.807, 2.05) is 6.08 Å². The smallest absolute Gasteiger partial charge is 0.306 e. The van der Waals surface area contributed by atoms with Gasteiger partial charge in [0, 0.05) is 6.42 Å².